The Kier molecular flexibility index (Phi) is 5.80. The van der Waals surface area contributed by atoms with Crippen LogP contribution in [0.1, 0.15) is 23.1 Å². The third kappa shape index (κ3) is 4.36. The first-order chi connectivity index (χ1) is 12.6. The van der Waals surface area contributed by atoms with Crippen molar-refractivity contribution in [2.24, 2.45) is 0 Å². The second-order valence-corrected chi connectivity index (χ2v) is 6.20. The molecule has 1 aromatic carbocycles. The van der Waals surface area contributed by atoms with E-state index in [2.05, 4.69) is 15.5 Å². The van der Waals surface area contributed by atoms with E-state index < -0.39 is 0 Å². The van der Waals surface area contributed by atoms with Crippen LogP contribution in [0.25, 0.3) is 0 Å². The molecule has 3 rings (SSSR count). The zero-order valence-corrected chi connectivity index (χ0v) is 15.5. The van der Waals surface area contributed by atoms with Crippen LogP contribution in [0.2, 0.25) is 10.0 Å². The average Bonchev–Trinajstić information content (AvgIpc) is 3.30. The Hall–Kier alpha value is -2.51. The molecular weight excluding hydrogens is 377 g/mol. The summed E-state index contributed by atoms with van der Waals surface area (Å²) in [4.78, 5) is 12.2. The van der Waals surface area contributed by atoms with Gasteiger partial charge >= 0.3 is 0 Å². The maximum absolute atomic E-state index is 12.2. The summed E-state index contributed by atoms with van der Waals surface area (Å²) in [5.41, 5.74) is 1.08. The summed E-state index contributed by atoms with van der Waals surface area (Å²) in [7, 11) is 0. The number of carbonyl (C=O) groups excluding carboxylic acids is 1. The van der Waals surface area contributed by atoms with E-state index in [4.69, 9.17) is 27.9 Å². The lowest BCUT2D eigenvalue weighted by Crippen LogP contribution is -2.24. The first kappa shape index (κ1) is 18.3. The number of aromatic nitrogens is 4. The van der Waals surface area contributed by atoms with E-state index in [9.17, 15) is 4.79 Å². The van der Waals surface area contributed by atoms with Crippen molar-refractivity contribution in [3.05, 3.63) is 64.2 Å². The summed E-state index contributed by atoms with van der Waals surface area (Å²) >= 11 is 12.0. The number of hydrogen-bond donors (Lipinski definition) is 1. The number of halogens is 2. The molecule has 26 heavy (non-hydrogen) atoms. The fourth-order valence-electron chi connectivity index (χ4n) is 2.22. The maximum Gasteiger partial charge on any atom is 0.272 e. The molecule has 136 valence electrons. The molecule has 0 saturated carbocycles. The van der Waals surface area contributed by atoms with E-state index in [0.29, 0.717) is 28.0 Å². The first-order valence-corrected chi connectivity index (χ1v) is 8.73. The highest BCUT2D eigenvalue weighted by atomic mass is 35.5. The van der Waals surface area contributed by atoms with E-state index in [1.165, 1.54) is 4.68 Å². The molecule has 0 aliphatic carbocycles. The van der Waals surface area contributed by atoms with Crippen molar-refractivity contribution < 1.29 is 9.53 Å². The zero-order valence-electron chi connectivity index (χ0n) is 14.0. The second-order valence-electron chi connectivity index (χ2n) is 5.41. The predicted molar refractivity (Wildman–Crippen MR) is 98.4 cm³/mol. The standard InChI is InChI=1S/C17H17Cl2N5O2/c1-2-23-8-6-12(21-23)10-20-17(25)14-7-9-24(22-14)11-26-15-5-3-4-13(18)16(15)19/h3-9H,2,10-11H2,1H3,(H,20,25). The van der Waals surface area contributed by atoms with Crippen LogP contribution in [-0.2, 0) is 19.8 Å². The molecule has 0 fully saturated rings. The third-order valence-corrected chi connectivity index (χ3v) is 4.39. The highest BCUT2D eigenvalue weighted by Gasteiger charge is 2.11. The van der Waals surface area contributed by atoms with Gasteiger partial charge in [0.1, 0.15) is 16.5 Å². The van der Waals surface area contributed by atoms with Crippen LogP contribution in [-0.4, -0.2) is 25.5 Å². The smallest absolute Gasteiger partial charge is 0.272 e. The van der Waals surface area contributed by atoms with E-state index in [1.54, 1.807) is 35.1 Å². The summed E-state index contributed by atoms with van der Waals surface area (Å²) in [6.07, 6.45) is 3.52. The number of carbonyl (C=O) groups is 1. The number of nitrogens with one attached hydrogen (secondary N) is 1. The van der Waals surface area contributed by atoms with Gasteiger partial charge < -0.3 is 10.1 Å². The Morgan fingerprint density at radius 3 is 2.73 bits per heavy atom. The Balaban J connectivity index is 1.55. The van der Waals surface area contributed by atoms with Gasteiger partial charge in [-0.3, -0.25) is 9.48 Å². The van der Waals surface area contributed by atoms with Gasteiger partial charge in [-0.15, -0.1) is 0 Å². The van der Waals surface area contributed by atoms with E-state index >= 15 is 0 Å². The van der Waals surface area contributed by atoms with Gasteiger partial charge in [0.25, 0.3) is 5.91 Å². The monoisotopic (exact) mass is 393 g/mol. The molecule has 2 aromatic heterocycles. The maximum atomic E-state index is 12.2. The summed E-state index contributed by atoms with van der Waals surface area (Å²) in [6.45, 7) is 3.23. The fourth-order valence-corrected chi connectivity index (χ4v) is 2.57. The lowest BCUT2D eigenvalue weighted by Gasteiger charge is -2.08. The van der Waals surface area contributed by atoms with Gasteiger partial charge in [-0.2, -0.15) is 10.2 Å². The number of rotatable bonds is 7. The highest BCUT2D eigenvalue weighted by Crippen LogP contribution is 2.31. The largest absolute Gasteiger partial charge is 0.470 e. The van der Waals surface area contributed by atoms with Gasteiger partial charge in [0.2, 0.25) is 0 Å². The lowest BCUT2D eigenvalue weighted by molar-refractivity contribution is 0.0943. The normalized spacial score (nSPS) is 10.7. The Morgan fingerprint density at radius 2 is 1.96 bits per heavy atom. The minimum Gasteiger partial charge on any atom is -0.470 e. The Morgan fingerprint density at radius 1 is 1.15 bits per heavy atom. The molecule has 0 spiro atoms. The van der Waals surface area contributed by atoms with Crippen molar-refractivity contribution in [1.82, 2.24) is 24.9 Å². The minimum atomic E-state index is -0.282. The predicted octanol–water partition coefficient (Wildman–Crippen LogP) is 3.37. The second kappa shape index (κ2) is 8.25. The quantitative estimate of drug-likeness (QED) is 0.667. The zero-order chi connectivity index (χ0) is 18.5. The molecule has 1 N–H and O–H groups in total. The van der Waals surface area contributed by atoms with Crippen LogP contribution < -0.4 is 10.1 Å². The number of benzene rings is 1. The first-order valence-electron chi connectivity index (χ1n) is 7.97. The highest BCUT2D eigenvalue weighted by molar-refractivity contribution is 6.42. The number of aryl methyl sites for hydroxylation is 1. The van der Waals surface area contributed by atoms with Crippen LogP contribution in [0.15, 0.2) is 42.7 Å². The van der Waals surface area contributed by atoms with Crippen LogP contribution in [0.5, 0.6) is 5.75 Å². The molecule has 3 aromatic rings. The molecule has 0 unspecified atom stereocenters. The fraction of sp³-hybridized carbons (Fsp3) is 0.235. The molecule has 2 heterocycles. The molecule has 7 nitrogen and oxygen atoms in total. The summed E-state index contributed by atoms with van der Waals surface area (Å²) in [5.74, 6) is 0.169. The van der Waals surface area contributed by atoms with Gasteiger partial charge in [-0.25, -0.2) is 4.68 Å². The SMILES string of the molecule is CCn1ccc(CNC(=O)c2ccn(COc3cccc(Cl)c3Cl)n2)n1. The van der Waals surface area contributed by atoms with Crippen molar-refractivity contribution in [1.29, 1.82) is 0 Å². The van der Waals surface area contributed by atoms with E-state index in [0.717, 1.165) is 12.2 Å². The molecular formula is C17H17Cl2N5O2. The van der Waals surface area contributed by atoms with Crippen molar-refractivity contribution >= 4 is 29.1 Å². The van der Waals surface area contributed by atoms with Crippen molar-refractivity contribution in [2.45, 2.75) is 26.7 Å². The Bertz CT molecular complexity index is 906. The summed E-state index contributed by atoms with van der Waals surface area (Å²) in [6, 6.07) is 8.61. The van der Waals surface area contributed by atoms with Gasteiger partial charge in [0.15, 0.2) is 6.73 Å². The molecule has 0 aliphatic rings. The van der Waals surface area contributed by atoms with Crippen molar-refractivity contribution in [3.63, 3.8) is 0 Å². The van der Waals surface area contributed by atoms with Crippen LogP contribution in [0.4, 0.5) is 0 Å². The minimum absolute atomic E-state index is 0.105. The lowest BCUT2D eigenvalue weighted by atomic mass is 10.3. The van der Waals surface area contributed by atoms with E-state index in [-0.39, 0.29) is 12.6 Å². The van der Waals surface area contributed by atoms with Crippen molar-refractivity contribution in [3.8, 4) is 5.75 Å². The van der Waals surface area contributed by atoms with Gasteiger partial charge in [-0.1, -0.05) is 29.3 Å². The van der Waals surface area contributed by atoms with Gasteiger partial charge in [-0.05, 0) is 31.2 Å². The third-order valence-electron chi connectivity index (χ3n) is 3.59. The topological polar surface area (TPSA) is 74.0 Å². The molecule has 0 bridgehead atoms. The number of nitrogens with zero attached hydrogens (tertiary/aromatic N) is 4. The van der Waals surface area contributed by atoms with Crippen LogP contribution >= 0.6 is 23.2 Å². The molecule has 0 atom stereocenters. The Labute approximate surface area is 160 Å². The number of ether oxygens (including phenoxy) is 1. The summed E-state index contributed by atoms with van der Waals surface area (Å²) < 4.78 is 8.88. The van der Waals surface area contributed by atoms with Crippen molar-refractivity contribution in [2.75, 3.05) is 0 Å². The molecule has 1 amide bonds. The van der Waals surface area contributed by atoms with Crippen LogP contribution in [0.3, 0.4) is 0 Å². The average molecular weight is 394 g/mol. The molecule has 9 heteroatoms. The van der Waals surface area contributed by atoms with Gasteiger partial charge in [0, 0.05) is 18.9 Å². The number of amides is 1. The van der Waals surface area contributed by atoms with Crippen LogP contribution in [0, 0.1) is 0 Å². The van der Waals surface area contributed by atoms with Gasteiger partial charge in [0.05, 0.1) is 17.3 Å². The molecule has 0 saturated heterocycles. The molecule has 0 radical (unpaired) electrons. The molecule has 0 aliphatic heterocycles. The summed E-state index contributed by atoms with van der Waals surface area (Å²) in [5, 5.41) is 12.0. The number of hydrogen-bond acceptors (Lipinski definition) is 4. The van der Waals surface area contributed by atoms with E-state index in [1.807, 2.05) is 19.2 Å².